The lowest BCUT2D eigenvalue weighted by Gasteiger charge is -2.26. The fraction of sp³-hybridized carbons (Fsp3) is 0.350. The summed E-state index contributed by atoms with van der Waals surface area (Å²) in [6.07, 6.45) is -1.97. The molecule has 0 aromatic heterocycles. The van der Waals surface area contributed by atoms with Gasteiger partial charge in [0.2, 0.25) is 10.0 Å². The molecule has 1 saturated heterocycles. The van der Waals surface area contributed by atoms with Crippen molar-refractivity contribution in [1.29, 1.82) is 0 Å². The molecule has 0 aliphatic carbocycles. The number of carbonyl (C=O) groups excluding carboxylic acids is 1. The molecule has 2 aromatic carbocycles. The van der Waals surface area contributed by atoms with Crippen molar-refractivity contribution in [3.63, 3.8) is 0 Å². The van der Waals surface area contributed by atoms with Gasteiger partial charge in [-0.05, 0) is 48.7 Å². The van der Waals surface area contributed by atoms with Gasteiger partial charge in [-0.1, -0.05) is 30.2 Å². The zero-order chi connectivity index (χ0) is 21.9. The third kappa shape index (κ3) is 5.14. The Morgan fingerprint density at radius 3 is 2.43 bits per heavy atom. The number of nitrogens with one attached hydrogen (secondary N) is 1. The van der Waals surface area contributed by atoms with Gasteiger partial charge in [0, 0.05) is 19.6 Å². The number of halogens is 4. The van der Waals surface area contributed by atoms with Gasteiger partial charge in [0.1, 0.15) is 0 Å². The predicted octanol–water partition coefficient (Wildman–Crippen LogP) is 4.46. The number of hydrogen-bond donors (Lipinski definition) is 1. The summed E-state index contributed by atoms with van der Waals surface area (Å²) in [5.41, 5.74) is -0.616. The van der Waals surface area contributed by atoms with E-state index in [-0.39, 0.29) is 27.6 Å². The van der Waals surface area contributed by atoms with Gasteiger partial charge in [-0.2, -0.15) is 17.5 Å². The number of alkyl halides is 3. The molecule has 2 aromatic rings. The van der Waals surface area contributed by atoms with E-state index in [1.807, 2.05) is 0 Å². The molecule has 0 bridgehead atoms. The maximum atomic E-state index is 12.8. The summed E-state index contributed by atoms with van der Waals surface area (Å²) in [5.74, 6) is -0.673. The quantitative estimate of drug-likeness (QED) is 0.716. The topological polar surface area (TPSA) is 66.5 Å². The largest absolute Gasteiger partial charge is 0.416 e. The standard InChI is InChI=1S/C20H20ClF3N2O3S/c21-18-8-7-16(30(28,29)26-9-2-1-3-10-26)12-17(18)19(27)25-13-14-5-4-6-15(11-14)20(22,23)24/h4-8,11-12H,1-3,9-10,13H2,(H,25,27). The zero-order valence-corrected chi connectivity index (χ0v) is 17.4. The Morgan fingerprint density at radius 1 is 1.07 bits per heavy atom. The van der Waals surface area contributed by atoms with Crippen molar-refractivity contribution in [2.45, 2.75) is 36.9 Å². The summed E-state index contributed by atoms with van der Waals surface area (Å²) in [6.45, 7) is 0.673. The van der Waals surface area contributed by atoms with Crippen LogP contribution in [0.2, 0.25) is 5.02 Å². The second kappa shape index (κ2) is 8.95. The van der Waals surface area contributed by atoms with Gasteiger partial charge < -0.3 is 5.32 Å². The minimum Gasteiger partial charge on any atom is -0.348 e. The van der Waals surface area contributed by atoms with Gasteiger partial charge in [0.05, 0.1) is 21.0 Å². The molecule has 0 saturated carbocycles. The van der Waals surface area contributed by atoms with Crippen molar-refractivity contribution in [2.75, 3.05) is 13.1 Å². The van der Waals surface area contributed by atoms with Crippen molar-refractivity contribution < 1.29 is 26.4 Å². The average molecular weight is 461 g/mol. The number of amides is 1. The molecule has 1 aliphatic rings. The zero-order valence-electron chi connectivity index (χ0n) is 15.9. The second-order valence-corrected chi connectivity index (χ2v) is 9.33. The third-order valence-electron chi connectivity index (χ3n) is 4.84. The van der Waals surface area contributed by atoms with Gasteiger partial charge in [0.15, 0.2) is 0 Å². The highest BCUT2D eigenvalue weighted by atomic mass is 35.5. The minimum atomic E-state index is -4.49. The molecular weight excluding hydrogens is 441 g/mol. The number of carbonyl (C=O) groups is 1. The van der Waals surface area contributed by atoms with Gasteiger partial charge >= 0.3 is 6.18 Å². The molecule has 162 valence electrons. The molecule has 10 heteroatoms. The molecule has 3 rings (SSSR count). The van der Waals surface area contributed by atoms with E-state index >= 15 is 0 Å². The van der Waals surface area contributed by atoms with E-state index in [1.54, 1.807) is 0 Å². The molecule has 1 N–H and O–H groups in total. The summed E-state index contributed by atoms with van der Waals surface area (Å²) in [6, 6.07) is 8.47. The summed E-state index contributed by atoms with van der Waals surface area (Å²) in [5, 5.41) is 2.54. The minimum absolute atomic E-state index is 0.0435. The number of sulfonamides is 1. The lowest BCUT2D eigenvalue weighted by molar-refractivity contribution is -0.137. The van der Waals surface area contributed by atoms with Gasteiger partial charge in [-0.3, -0.25) is 4.79 Å². The second-order valence-electron chi connectivity index (χ2n) is 6.99. The van der Waals surface area contributed by atoms with Crippen LogP contribution in [-0.4, -0.2) is 31.7 Å². The molecule has 0 radical (unpaired) electrons. The third-order valence-corrected chi connectivity index (χ3v) is 7.07. The Kier molecular flexibility index (Phi) is 6.74. The van der Waals surface area contributed by atoms with Crippen LogP contribution in [-0.2, 0) is 22.7 Å². The van der Waals surface area contributed by atoms with Crippen molar-refractivity contribution in [3.8, 4) is 0 Å². The fourth-order valence-electron chi connectivity index (χ4n) is 3.23. The van der Waals surface area contributed by atoms with Crippen LogP contribution in [0.3, 0.4) is 0 Å². The molecule has 1 aliphatic heterocycles. The maximum absolute atomic E-state index is 12.8. The first-order valence-electron chi connectivity index (χ1n) is 9.33. The Bertz CT molecular complexity index is 1040. The number of nitrogens with zero attached hydrogens (tertiary/aromatic N) is 1. The van der Waals surface area contributed by atoms with E-state index in [4.69, 9.17) is 11.6 Å². The van der Waals surface area contributed by atoms with E-state index in [0.29, 0.717) is 13.1 Å². The van der Waals surface area contributed by atoms with Crippen molar-refractivity contribution >= 4 is 27.5 Å². The first-order valence-corrected chi connectivity index (χ1v) is 11.1. The molecule has 1 fully saturated rings. The molecule has 1 heterocycles. The van der Waals surface area contributed by atoms with Gasteiger partial charge in [-0.25, -0.2) is 8.42 Å². The highest BCUT2D eigenvalue weighted by Gasteiger charge is 2.30. The highest BCUT2D eigenvalue weighted by molar-refractivity contribution is 7.89. The van der Waals surface area contributed by atoms with Crippen molar-refractivity contribution in [3.05, 3.63) is 64.2 Å². The van der Waals surface area contributed by atoms with Crippen LogP contribution in [0.4, 0.5) is 13.2 Å². The van der Waals surface area contributed by atoms with E-state index in [9.17, 15) is 26.4 Å². The predicted molar refractivity (Wildman–Crippen MR) is 107 cm³/mol. The molecule has 0 unspecified atom stereocenters. The van der Waals surface area contributed by atoms with Crippen LogP contribution in [0, 0.1) is 0 Å². The fourth-order valence-corrected chi connectivity index (χ4v) is 4.98. The van der Waals surface area contributed by atoms with E-state index in [0.717, 1.165) is 31.4 Å². The Balaban J connectivity index is 1.77. The molecule has 30 heavy (non-hydrogen) atoms. The SMILES string of the molecule is O=C(NCc1cccc(C(F)(F)F)c1)c1cc(S(=O)(=O)N2CCCCC2)ccc1Cl. The summed E-state index contributed by atoms with van der Waals surface area (Å²) in [7, 11) is -3.75. The first-order chi connectivity index (χ1) is 14.1. The van der Waals surface area contributed by atoms with Crippen LogP contribution in [0.25, 0.3) is 0 Å². The van der Waals surface area contributed by atoms with Gasteiger partial charge in [-0.15, -0.1) is 0 Å². The van der Waals surface area contributed by atoms with Gasteiger partial charge in [0.25, 0.3) is 5.91 Å². The number of rotatable bonds is 5. The van der Waals surface area contributed by atoms with Crippen LogP contribution < -0.4 is 5.32 Å². The molecule has 1 amide bonds. The summed E-state index contributed by atoms with van der Waals surface area (Å²) >= 11 is 6.08. The first kappa shape index (κ1) is 22.6. The monoisotopic (exact) mass is 460 g/mol. The summed E-state index contributed by atoms with van der Waals surface area (Å²) < 4.78 is 65.5. The average Bonchev–Trinajstić information content (AvgIpc) is 2.72. The highest BCUT2D eigenvalue weighted by Crippen LogP contribution is 2.29. The van der Waals surface area contributed by atoms with E-state index in [1.165, 1.54) is 34.6 Å². The van der Waals surface area contributed by atoms with E-state index in [2.05, 4.69) is 5.32 Å². The van der Waals surface area contributed by atoms with E-state index < -0.39 is 27.7 Å². The molecule has 0 spiro atoms. The molecule has 0 atom stereocenters. The van der Waals surface area contributed by atoms with Crippen LogP contribution in [0.15, 0.2) is 47.4 Å². The molecular formula is C20H20ClF3N2O3S. The summed E-state index contributed by atoms with van der Waals surface area (Å²) in [4.78, 5) is 12.5. The normalized spacial score (nSPS) is 15.7. The lowest BCUT2D eigenvalue weighted by Crippen LogP contribution is -2.35. The Morgan fingerprint density at radius 2 is 1.77 bits per heavy atom. The smallest absolute Gasteiger partial charge is 0.348 e. The van der Waals surface area contributed by atoms with Crippen molar-refractivity contribution in [2.24, 2.45) is 0 Å². The number of hydrogen-bond acceptors (Lipinski definition) is 3. The van der Waals surface area contributed by atoms with Crippen LogP contribution >= 0.6 is 11.6 Å². The molecule has 5 nitrogen and oxygen atoms in total. The van der Waals surface area contributed by atoms with Crippen LogP contribution in [0.5, 0.6) is 0 Å². The lowest BCUT2D eigenvalue weighted by atomic mass is 10.1. The van der Waals surface area contributed by atoms with Crippen LogP contribution in [0.1, 0.15) is 40.7 Å². The maximum Gasteiger partial charge on any atom is 0.416 e. The van der Waals surface area contributed by atoms with Crippen molar-refractivity contribution in [1.82, 2.24) is 9.62 Å². The Hall–Kier alpha value is -2.10. The number of benzene rings is 2. The number of piperidine rings is 1. The Labute approximate surface area is 177 Å².